The average Bonchev–Trinajstić information content (AvgIpc) is 2.20. The van der Waals surface area contributed by atoms with Crippen LogP contribution in [0.2, 0.25) is 0 Å². The van der Waals surface area contributed by atoms with Crippen LogP contribution < -0.4 is 0 Å². The van der Waals surface area contributed by atoms with Gasteiger partial charge in [-0.25, -0.2) is 0 Å². The smallest absolute Gasteiger partial charge is 0.294 e. The van der Waals surface area contributed by atoms with Crippen LogP contribution in [0, 0.1) is 20.2 Å². The van der Waals surface area contributed by atoms with E-state index in [1.807, 2.05) is 0 Å². The van der Waals surface area contributed by atoms with Crippen molar-refractivity contribution in [2.45, 2.75) is 57.4 Å². The normalized spacial score (nSPS) is 29.5. The van der Waals surface area contributed by atoms with Crippen LogP contribution >= 0.6 is 0 Å². The van der Waals surface area contributed by atoms with E-state index in [1.54, 1.807) is 13.8 Å². The molecule has 1 aliphatic heterocycles. The van der Waals surface area contributed by atoms with Crippen molar-refractivity contribution in [2.24, 2.45) is 0 Å². The summed E-state index contributed by atoms with van der Waals surface area (Å²) in [7, 11) is 0. The third-order valence-electron chi connectivity index (χ3n) is 3.28. The van der Waals surface area contributed by atoms with Crippen LogP contribution in [0.15, 0.2) is 0 Å². The predicted octanol–water partition coefficient (Wildman–Crippen LogP) is 0.792. The third-order valence-corrected chi connectivity index (χ3v) is 3.28. The van der Waals surface area contributed by atoms with Gasteiger partial charge in [-0.2, -0.15) is 5.06 Å². The lowest BCUT2D eigenvalue weighted by molar-refractivity contribution is -0.804. The van der Waals surface area contributed by atoms with Gasteiger partial charge >= 0.3 is 0 Å². The molecule has 0 aromatic rings. The Morgan fingerprint density at radius 3 is 2.05 bits per heavy atom. The fourth-order valence-corrected chi connectivity index (χ4v) is 2.53. The first-order chi connectivity index (χ1) is 8.48. The number of rotatable bonds is 4. The highest BCUT2D eigenvalue weighted by molar-refractivity contribution is 5.03. The van der Waals surface area contributed by atoms with E-state index in [1.165, 1.54) is 13.8 Å². The fraction of sp³-hybridized carbons (Fsp3) is 1.00. The first-order valence-corrected chi connectivity index (χ1v) is 5.60. The molecule has 0 aromatic heterocycles. The Kier molecular flexibility index (Phi) is 3.87. The quantitative estimate of drug-likeness (QED) is 0.590. The largest absolute Gasteiger partial charge is 0.313 e. The molecule has 1 heterocycles. The van der Waals surface area contributed by atoms with Crippen LogP contribution in [0.3, 0.4) is 0 Å². The second kappa shape index (κ2) is 4.78. The van der Waals surface area contributed by atoms with Gasteiger partial charge in [0.15, 0.2) is 6.10 Å². The van der Waals surface area contributed by atoms with E-state index in [9.17, 15) is 25.4 Å². The van der Waals surface area contributed by atoms with Gasteiger partial charge in [0.1, 0.15) is 6.10 Å². The van der Waals surface area contributed by atoms with Crippen molar-refractivity contribution >= 4 is 0 Å². The molecular weight excluding hydrogens is 262 g/mol. The molecule has 0 bridgehead atoms. The molecule has 0 aliphatic carbocycles. The molecule has 0 aromatic carbocycles. The number of nitrogens with zero attached hydrogens (tertiary/aromatic N) is 3. The van der Waals surface area contributed by atoms with E-state index in [-0.39, 0.29) is 6.42 Å². The van der Waals surface area contributed by atoms with Crippen molar-refractivity contribution in [3.63, 3.8) is 0 Å². The molecule has 0 spiro atoms. The second-order valence-corrected chi connectivity index (χ2v) is 5.60. The van der Waals surface area contributed by atoms with Crippen LogP contribution in [0.4, 0.5) is 0 Å². The van der Waals surface area contributed by atoms with E-state index in [0.29, 0.717) is 0 Å². The van der Waals surface area contributed by atoms with Gasteiger partial charge in [0.25, 0.3) is 10.2 Å². The Morgan fingerprint density at radius 2 is 1.63 bits per heavy atom. The summed E-state index contributed by atoms with van der Waals surface area (Å²) in [6, 6.07) is 0. The third kappa shape index (κ3) is 3.01. The first-order valence-electron chi connectivity index (χ1n) is 5.60. The molecule has 2 atom stereocenters. The molecule has 19 heavy (non-hydrogen) atoms. The summed E-state index contributed by atoms with van der Waals surface area (Å²) < 4.78 is 0. The van der Waals surface area contributed by atoms with E-state index in [0.717, 1.165) is 5.06 Å². The number of hydroxylamine groups is 2. The van der Waals surface area contributed by atoms with E-state index in [4.69, 9.17) is 0 Å². The Hall–Kier alpha value is -1.68. The van der Waals surface area contributed by atoms with Crippen LogP contribution in [-0.4, -0.2) is 43.7 Å². The lowest BCUT2D eigenvalue weighted by Gasteiger charge is -2.53. The second-order valence-electron chi connectivity index (χ2n) is 5.60. The topological polar surface area (TPSA) is 128 Å². The maximum Gasteiger partial charge on any atom is 0.294 e. The maximum absolute atomic E-state index is 10.5. The molecule has 0 amide bonds. The highest BCUT2D eigenvalue weighted by Gasteiger charge is 2.55. The summed E-state index contributed by atoms with van der Waals surface area (Å²) in [5, 5.41) is 30.0. The molecule has 1 fully saturated rings. The zero-order valence-electron chi connectivity index (χ0n) is 11.1. The lowest BCUT2D eigenvalue weighted by atomic mass is 9.78. The first kappa shape index (κ1) is 15.4. The molecule has 1 rings (SSSR count). The van der Waals surface area contributed by atoms with E-state index in [2.05, 4.69) is 9.68 Å². The molecule has 1 saturated heterocycles. The van der Waals surface area contributed by atoms with Crippen molar-refractivity contribution in [3.8, 4) is 0 Å². The van der Waals surface area contributed by atoms with Gasteiger partial charge in [0, 0.05) is 5.54 Å². The van der Waals surface area contributed by atoms with Crippen molar-refractivity contribution in [1.29, 1.82) is 0 Å². The summed E-state index contributed by atoms with van der Waals surface area (Å²) >= 11 is 0. The Morgan fingerprint density at radius 1 is 1.16 bits per heavy atom. The molecule has 10 heteroatoms. The summed E-state index contributed by atoms with van der Waals surface area (Å²) in [6.07, 6.45) is -2.42. The summed E-state index contributed by atoms with van der Waals surface area (Å²) in [5.74, 6) is 0. The van der Waals surface area contributed by atoms with E-state index >= 15 is 0 Å². The SMILES string of the molecule is CC1(C)CC(O[N+](=O)[O-])C(O[N+](=O)[O-])C(C)(C)N1O. The molecule has 0 saturated carbocycles. The maximum atomic E-state index is 10.5. The molecule has 0 radical (unpaired) electrons. The van der Waals surface area contributed by atoms with Crippen LogP contribution in [0.1, 0.15) is 34.1 Å². The van der Waals surface area contributed by atoms with Gasteiger partial charge in [0.05, 0.1) is 5.54 Å². The van der Waals surface area contributed by atoms with Crippen molar-refractivity contribution in [2.75, 3.05) is 0 Å². The zero-order chi connectivity index (χ0) is 15.0. The fourth-order valence-electron chi connectivity index (χ4n) is 2.53. The number of piperidine rings is 1. The van der Waals surface area contributed by atoms with Gasteiger partial charge in [0.2, 0.25) is 0 Å². The molecule has 110 valence electrons. The van der Waals surface area contributed by atoms with Crippen LogP contribution in [0.5, 0.6) is 0 Å². The van der Waals surface area contributed by atoms with Crippen LogP contribution in [0.25, 0.3) is 0 Å². The van der Waals surface area contributed by atoms with E-state index < -0.39 is 33.5 Å². The molecule has 1 N–H and O–H groups in total. The predicted molar refractivity (Wildman–Crippen MR) is 60.1 cm³/mol. The summed E-state index contributed by atoms with van der Waals surface area (Å²) in [6.45, 7) is 6.26. The molecule has 10 nitrogen and oxygen atoms in total. The minimum absolute atomic E-state index is 0.00637. The monoisotopic (exact) mass is 279 g/mol. The van der Waals surface area contributed by atoms with Crippen molar-refractivity contribution in [1.82, 2.24) is 5.06 Å². The van der Waals surface area contributed by atoms with Gasteiger partial charge in [-0.3, -0.25) is 0 Å². The minimum Gasteiger partial charge on any atom is -0.313 e. The van der Waals surface area contributed by atoms with Gasteiger partial charge in [-0.15, -0.1) is 20.2 Å². The highest BCUT2D eigenvalue weighted by Crippen LogP contribution is 2.39. The standard InChI is InChI=1S/C9H17N3O7/c1-8(2)5-6(18-11(14)15)7(19-12(16)17)9(3,4)10(8)13/h6-7,13H,5H2,1-4H3. The highest BCUT2D eigenvalue weighted by atomic mass is 17.0. The molecule has 1 aliphatic rings. The molecule has 2 unspecified atom stereocenters. The zero-order valence-corrected chi connectivity index (χ0v) is 11.1. The number of hydrogen-bond acceptors (Lipinski definition) is 8. The minimum atomic E-state index is -1.29. The Balaban J connectivity index is 3.11. The Labute approximate surface area is 109 Å². The summed E-state index contributed by atoms with van der Waals surface area (Å²) in [4.78, 5) is 30.0. The number of hydrogen-bond donors (Lipinski definition) is 1. The van der Waals surface area contributed by atoms with Gasteiger partial charge < -0.3 is 14.9 Å². The summed E-state index contributed by atoms with van der Waals surface area (Å²) in [5.41, 5.74) is -2.07. The average molecular weight is 279 g/mol. The van der Waals surface area contributed by atoms with Gasteiger partial charge in [-0.1, -0.05) is 0 Å². The lowest BCUT2D eigenvalue weighted by Crippen LogP contribution is -2.69. The van der Waals surface area contributed by atoms with Gasteiger partial charge in [-0.05, 0) is 34.1 Å². The van der Waals surface area contributed by atoms with Crippen LogP contribution in [-0.2, 0) is 9.68 Å². The Bertz CT molecular complexity index is 384. The van der Waals surface area contributed by atoms with Crippen molar-refractivity contribution < 1.29 is 25.1 Å². The van der Waals surface area contributed by atoms with Crippen molar-refractivity contribution in [3.05, 3.63) is 20.2 Å². The molecular formula is C9H17N3O7.